The maximum atomic E-state index is 5.53. The van der Waals surface area contributed by atoms with Gasteiger partial charge in [-0.25, -0.2) is 44.9 Å². The van der Waals surface area contributed by atoms with Crippen molar-refractivity contribution in [1.82, 2.24) is 44.9 Å². The monoisotopic (exact) mass is 1040 g/mol. The fraction of sp³-hybridized carbons (Fsp3) is 0. The first-order valence-electron chi connectivity index (χ1n) is 26.8. The van der Waals surface area contributed by atoms with Crippen LogP contribution in [0.25, 0.3) is 67.5 Å². The molecule has 12 aromatic rings. The summed E-state index contributed by atoms with van der Waals surface area (Å²) in [5, 5.41) is 0. The van der Waals surface area contributed by atoms with Gasteiger partial charge >= 0.3 is 21.4 Å². The van der Waals surface area contributed by atoms with Gasteiger partial charge in [-0.2, -0.15) is 0 Å². The molecule has 0 aliphatic carbocycles. The molecule has 4 aliphatic heterocycles. The van der Waals surface area contributed by atoms with Crippen LogP contribution in [0, 0.1) is 0 Å². The summed E-state index contributed by atoms with van der Waals surface area (Å²) in [5.41, 5.74) is 12.7. The molecule has 15 nitrogen and oxygen atoms in total. The molecule has 0 unspecified atom stereocenters. The van der Waals surface area contributed by atoms with E-state index >= 15 is 0 Å². The second-order valence-electron chi connectivity index (χ2n) is 19.9. The average molecular weight is 1040 g/mol. The average Bonchev–Trinajstić information content (AvgIpc) is 4.39. The van der Waals surface area contributed by atoms with Crippen molar-refractivity contribution in [2.45, 2.75) is 0 Å². The Balaban J connectivity index is 0.985. The summed E-state index contributed by atoms with van der Waals surface area (Å²) in [4.78, 5) is 55.6. The number of benzene rings is 6. The molecule has 10 heterocycles. The summed E-state index contributed by atoms with van der Waals surface area (Å²) in [6.45, 7) is 0. The lowest BCUT2D eigenvalue weighted by Gasteiger charge is -2.50. The van der Waals surface area contributed by atoms with Crippen molar-refractivity contribution >= 4 is 73.7 Å². The second-order valence-corrected chi connectivity index (χ2v) is 19.9. The Morgan fingerprint density at radius 2 is 0.444 bits per heavy atom. The van der Waals surface area contributed by atoms with E-state index in [2.05, 4.69) is 138 Å². The van der Waals surface area contributed by atoms with E-state index in [0.29, 0.717) is 35.3 Å². The van der Waals surface area contributed by atoms with E-state index in [1.165, 1.54) is 0 Å². The van der Waals surface area contributed by atoms with E-state index in [4.69, 9.17) is 44.9 Å². The van der Waals surface area contributed by atoms with E-state index < -0.39 is 21.4 Å². The molecule has 1 saturated heterocycles. The number of hydrogen-bond donors (Lipinski definition) is 0. The number of hydrogen-bond acceptors (Lipinski definition) is 15. The third kappa shape index (κ3) is 7.59. The fourth-order valence-electron chi connectivity index (χ4n) is 11.7. The molecule has 1 fully saturated rings. The van der Waals surface area contributed by atoms with Crippen LogP contribution in [0.15, 0.2) is 255 Å². The summed E-state index contributed by atoms with van der Waals surface area (Å²) in [7, 11) is -2.22. The van der Waals surface area contributed by atoms with Gasteiger partial charge in [-0.1, -0.05) is 182 Å². The minimum Gasteiger partial charge on any atom is -0.380 e. The van der Waals surface area contributed by atoms with E-state index in [-0.39, 0.29) is 0 Å². The first kappa shape index (κ1) is 46.1. The SMILES string of the molecule is c1ccc(-c2cc(-c3ccccc3)nc(N3B4N(B5N(B6N4c4cccnc4N6c4nc(-c6ccccc6)cc(-c6ccccc6)n4)c4cccnc4N5c4nc(-c5ccccc5)cc(-c5ccccc5)n4)c4cccnc43)n2)cc1. The van der Waals surface area contributed by atoms with Crippen molar-refractivity contribution in [1.29, 1.82) is 0 Å². The van der Waals surface area contributed by atoms with Gasteiger partial charge in [-0.3, -0.25) is 14.4 Å². The molecule has 0 saturated carbocycles. The lowest BCUT2D eigenvalue weighted by atomic mass is 9.56. The molecule has 4 aliphatic rings. The Labute approximate surface area is 467 Å². The van der Waals surface area contributed by atoms with Gasteiger partial charge in [0.25, 0.3) is 0 Å². The van der Waals surface area contributed by atoms with Gasteiger partial charge in [0, 0.05) is 52.0 Å². The summed E-state index contributed by atoms with van der Waals surface area (Å²) < 4.78 is 7.12. The molecular formula is C63H42B3N15. The highest BCUT2D eigenvalue weighted by Gasteiger charge is 2.71. The highest BCUT2D eigenvalue weighted by molar-refractivity contribution is 7.11. The zero-order chi connectivity index (χ0) is 53.4. The van der Waals surface area contributed by atoms with Crippen LogP contribution in [0.5, 0.6) is 0 Å². The van der Waals surface area contributed by atoms with Crippen LogP contribution in [0.2, 0.25) is 0 Å². The smallest absolute Gasteiger partial charge is 0.380 e. The van der Waals surface area contributed by atoms with Crippen LogP contribution < -0.4 is 28.6 Å². The van der Waals surface area contributed by atoms with Crippen LogP contribution in [0.4, 0.5) is 52.4 Å². The minimum atomic E-state index is -0.739. The molecule has 378 valence electrons. The van der Waals surface area contributed by atoms with Crippen molar-refractivity contribution in [3.05, 3.63) is 255 Å². The Morgan fingerprint density at radius 3 is 0.654 bits per heavy atom. The maximum Gasteiger partial charge on any atom is 0.493 e. The van der Waals surface area contributed by atoms with Crippen molar-refractivity contribution in [3.63, 3.8) is 0 Å². The van der Waals surface area contributed by atoms with Crippen LogP contribution >= 0.6 is 0 Å². The maximum absolute atomic E-state index is 5.53. The molecule has 18 heteroatoms. The molecule has 0 radical (unpaired) electrons. The first-order chi connectivity index (χ1) is 40.2. The number of anilines is 9. The van der Waals surface area contributed by atoms with E-state index in [0.717, 1.165) is 84.6 Å². The molecule has 0 atom stereocenters. The third-order valence-corrected chi connectivity index (χ3v) is 15.2. The lowest BCUT2D eigenvalue weighted by molar-refractivity contribution is 1.08. The molecule has 81 heavy (non-hydrogen) atoms. The molecule has 16 rings (SSSR count). The van der Waals surface area contributed by atoms with Crippen LogP contribution in [0.1, 0.15) is 0 Å². The Kier molecular flexibility index (Phi) is 10.8. The lowest BCUT2D eigenvalue weighted by Crippen LogP contribution is -2.84. The Morgan fingerprint density at radius 1 is 0.235 bits per heavy atom. The van der Waals surface area contributed by atoms with Gasteiger partial charge in [0.1, 0.15) is 17.5 Å². The highest BCUT2D eigenvalue weighted by Crippen LogP contribution is 2.56. The summed E-state index contributed by atoms with van der Waals surface area (Å²) in [6, 6.07) is 80.0. The number of rotatable bonds is 9. The minimum absolute atomic E-state index is 0.446. The predicted molar refractivity (Wildman–Crippen MR) is 323 cm³/mol. The normalized spacial score (nSPS) is 13.7. The van der Waals surface area contributed by atoms with Crippen LogP contribution in [0.3, 0.4) is 0 Å². The topological polar surface area (TPSA) is 135 Å². The molecular weight excluding hydrogens is 999 g/mol. The van der Waals surface area contributed by atoms with Gasteiger partial charge in [-0.05, 0) is 54.6 Å². The molecule has 0 bridgehead atoms. The van der Waals surface area contributed by atoms with E-state index in [1.54, 1.807) is 0 Å². The zero-order valence-corrected chi connectivity index (χ0v) is 43.2. The summed E-state index contributed by atoms with van der Waals surface area (Å²) >= 11 is 0. The second kappa shape index (κ2) is 18.9. The van der Waals surface area contributed by atoms with Gasteiger partial charge < -0.3 is 14.2 Å². The summed E-state index contributed by atoms with van der Waals surface area (Å²) in [5.74, 6) is 3.29. The van der Waals surface area contributed by atoms with Gasteiger partial charge in [0.05, 0.1) is 51.2 Å². The number of pyridine rings is 3. The van der Waals surface area contributed by atoms with Crippen LogP contribution in [-0.4, -0.2) is 66.2 Å². The van der Waals surface area contributed by atoms with Gasteiger partial charge in [0.15, 0.2) is 0 Å². The van der Waals surface area contributed by atoms with Crippen molar-refractivity contribution in [2.24, 2.45) is 0 Å². The zero-order valence-electron chi connectivity index (χ0n) is 43.2. The van der Waals surface area contributed by atoms with E-state index in [1.807, 2.05) is 146 Å². The first-order valence-corrected chi connectivity index (χ1v) is 26.8. The largest absolute Gasteiger partial charge is 0.493 e. The number of aromatic nitrogens is 9. The van der Waals surface area contributed by atoms with Crippen molar-refractivity contribution in [3.8, 4) is 67.5 Å². The highest BCUT2D eigenvalue weighted by atomic mass is 15.6. The van der Waals surface area contributed by atoms with Gasteiger partial charge in [0.2, 0.25) is 17.8 Å². The molecule has 0 amide bonds. The quantitative estimate of drug-likeness (QED) is 0.127. The predicted octanol–water partition coefficient (Wildman–Crippen LogP) is 12.5. The Hall–Kier alpha value is -11.0. The van der Waals surface area contributed by atoms with Crippen molar-refractivity contribution < 1.29 is 0 Å². The number of fused-ring (bicyclic) bond motifs is 12. The summed E-state index contributed by atoms with van der Waals surface area (Å²) in [6.07, 6.45) is 5.50. The molecule has 0 N–H and O–H groups in total. The van der Waals surface area contributed by atoms with E-state index in [9.17, 15) is 0 Å². The fourth-order valence-corrected chi connectivity index (χ4v) is 11.7. The molecule has 0 spiro atoms. The van der Waals surface area contributed by atoms with Crippen LogP contribution in [-0.2, 0) is 0 Å². The Bertz CT molecular complexity index is 3710. The number of nitrogens with zero attached hydrogens (tertiary/aromatic N) is 15. The molecule has 6 aromatic heterocycles. The van der Waals surface area contributed by atoms with Crippen molar-refractivity contribution in [2.75, 3.05) is 28.6 Å². The third-order valence-electron chi connectivity index (χ3n) is 15.2. The van der Waals surface area contributed by atoms with Gasteiger partial charge in [-0.15, -0.1) is 0 Å². The molecule has 6 aromatic carbocycles. The standard InChI is InChI=1S/C63H42B3N15/c1-7-22-43(23-8-1)49-40-50(44-24-9-2-10-25-44)71-61(70-49)76-58-55(34-19-37-67-58)79-64(76)80-56-35-20-38-68-59(56)77(62-72-51(45-26-11-3-12-27-45)41-52(73-62)46-28-13-4-14-29-46)66(80)81-57-36-21-39-69-60(57)78(65(79)81)63-74-53(47-30-15-5-16-31-47)42-54(75-63)48-32-17-6-18-33-48/h1-42H.